The quantitative estimate of drug-likeness (QED) is 0.725. The summed E-state index contributed by atoms with van der Waals surface area (Å²) in [7, 11) is 2.08. The van der Waals surface area contributed by atoms with E-state index in [0.717, 1.165) is 11.7 Å². The first-order valence-corrected chi connectivity index (χ1v) is 7.72. The summed E-state index contributed by atoms with van der Waals surface area (Å²) < 4.78 is 0. The first-order valence-electron chi connectivity index (χ1n) is 6.73. The zero-order chi connectivity index (χ0) is 12.1. The minimum absolute atomic E-state index is 0.538. The van der Waals surface area contributed by atoms with E-state index < -0.39 is 0 Å². The van der Waals surface area contributed by atoms with Crippen molar-refractivity contribution in [2.45, 2.75) is 43.5 Å². The van der Waals surface area contributed by atoms with Crippen LogP contribution in [0, 0.1) is 5.92 Å². The van der Waals surface area contributed by atoms with Gasteiger partial charge in [0.1, 0.15) is 0 Å². The minimum atomic E-state index is 0.538. The average molecular weight is 249 g/mol. The van der Waals surface area contributed by atoms with Crippen LogP contribution < -0.4 is 5.32 Å². The van der Waals surface area contributed by atoms with Gasteiger partial charge in [-0.15, -0.1) is 11.8 Å². The fourth-order valence-electron chi connectivity index (χ4n) is 2.25. The first-order chi connectivity index (χ1) is 8.33. The maximum absolute atomic E-state index is 3.45. The fraction of sp³-hybridized carbons (Fsp3) is 0.600. The molecule has 1 nitrogen and oxygen atoms in total. The van der Waals surface area contributed by atoms with E-state index in [1.807, 2.05) is 11.8 Å². The van der Waals surface area contributed by atoms with Crippen LogP contribution in [0.1, 0.15) is 44.2 Å². The van der Waals surface area contributed by atoms with Gasteiger partial charge >= 0.3 is 0 Å². The molecule has 1 aliphatic carbocycles. The Balaban J connectivity index is 1.92. The molecule has 1 unspecified atom stereocenters. The van der Waals surface area contributed by atoms with Crippen molar-refractivity contribution in [1.82, 2.24) is 5.32 Å². The molecule has 0 saturated heterocycles. The molecule has 17 heavy (non-hydrogen) atoms. The summed E-state index contributed by atoms with van der Waals surface area (Å²) in [5.41, 5.74) is 1.44. The van der Waals surface area contributed by atoms with Crippen LogP contribution in [-0.2, 0) is 0 Å². The monoisotopic (exact) mass is 249 g/mol. The van der Waals surface area contributed by atoms with Crippen LogP contribution in [0.2, 0.25) is 0 Å². The smallest absolute Gasteiger partial charge is 0.0317 e. The van der Waals surface area contributed by atoms with Gasteiger partial charge in [-0.1, -0.05) is 31.9 Å². The molecule has 0 heterocycles. The van der Waals surface area contributed by atoms with E-state index in [2.05, 4.69) is 43.6 Å². The van der Waals surface area contributed by atoms with Gasteiger partial charge < -0.3 is 5.32 Å². The molecule has 2 heteroatoms. The molecule has 94 valence electrons. The minimum Gasteiger partial charge on any atom is -0.313 e. The van der Waals surface area contributed by atoms with Crippen LogP contribution in [0.25, 0.3) is 0 Å². The highest BCUT2D eigenvalue weighted by molar-refractivity contribution is 7.99. The molecule has 0 bridgehead atoms. The van der Waals surface area contributed by atoms with Crippen molar-refractivity contribution in [3.05, 3.63) is 29.8 Å². The molecule has 0 spiro atoms. The third kappa shape index (κ3) is 4.04. The lowest BCUT2D eigenvalue weighted by molar-refractivity contribution is 0.506. The molecule has 0 aliphatic heterocycles. The Kier molecular flexibility index (Phi) is 4.93. The second-order valence-electron chi connectivity index (χ2n) is 4.86. The lowest BCUT2D eigenvalue weighted by atomic mass is 10.0. The summed E-state index contributed by atoms with van der Waals surface area (Å²) in [6, 6.07) is 9.62. The molecule has 1 aliphatic rings. The van der Waals surface area contributed by atoms with Gasteiger partial charge in [0.25, 0.3) is 0 Å². The van der Waals surface area contributed by atoms with E-state index in [9.17, 15) is 0 Å². The highest BCUT2D eigenvalue weighted by atomic mass is 32.2. The summed E-state index contributed by atoms with van der Waals surface area (Å²) in [4.78, 5) is 1.38. The van der Waals surface area contributed by atoms with Crippen LogP contribution >= 0.6 is 11.8 Å². The van der Waals surface area contributed by atoms with E-state index in [1.165, 1.54) is 36.1 Å². The molecular formula is C15H23NS. The number of nitrogens with one attached hydrogen (secondary N) is 1. The lowest BCUT2D eigenvalue weighted by Gasteiger charge is -2.16. The van der Waals surface area contributed by atoms with Gasteiger partial charge in [-0.05, 0) is 49.3 Å². The molecule has 1 aromatic rings. The van der Waals surface area contributed by atoms with Crippen molar-refractivity contribution in [2.75, 3.05) is 12.8 Å². The van der Waals surface area contributed by atoms with Gasteiger partial charge in [-0.3, -0.25) is 0 Å². The van der Waals surface area contributed by atoms with Crippen molar-refractivity contribution in [3.63, 3.8) is 0 Å². The van der Waals surface area contributed by atoms with E-state index in [1.54, 1.807) is 0 Å². The van der Waals surface area contributed by atoms with Gasteiger partial charge in [0, 0.05) is 10.9 Å². The number of rotatable bonds is 7. The van der Waals surface area contributed by atoms with E-state index in [0.29, 0.717) is 6.04 Å². The Morgan fingerprint density at radius 2 is 2.00 bits per heavy atom. The highest BCUT2D eigenvalue weighted by Crippen LogP contribution is 2.36. The highest BCUT2D eigenvalue weighted by Gasteiger charge is 2.22. The largest absolute Gasteiger partial charge is 0.313 e. The zero-order valence-electron chi connectivity index (χ0n) is 10.9. The molecule has 1 fully saturated rings. The van der Waals surface area contributed by atoms with Gasteiger partial charge in [0.15, 0.2) is 0 Å². The molecule has 1 aromatic carbocycles. The Hall–Kier alpha value is -0.470. The van der Waals surface area contributed by atoms with Gasteiger partial charge in [0.05, 0.1) is 0 Å². The second-order valence-corrected chi connectivity index (χ2v) is 6.20. The lowest BCUT2D eigenvalue weighted by Crippen LogP contribution is -2.16. The molecule has 1 saturated carbocycles. The molecule has 0 radical (unpaired) electrons. The maximum Gasteiger partial charge on any atom is 0.0317 e. The Morgan fingerprint density at radius 3 is 2.53 bits per heavy atom. The topological polar surface area (TPSA) is 12.0 Å². The van der Waals surface area contributed by atoms with Gasteiger partial charge in [0.2, 0.25) is 0 Å². The van der Waals surface area contributed by atoms with Crippen molar-refractivity contribution in [2.24, 2.45) is 5.92 Å². The second kappa shape index (κ2) is 6.46. The van der Waals surface area contributed by atoms with Crippen LogP contribution in [0.3, 0.4) is 0 Å². The predicted octanol–water partition coefficient (Wildman–Crippen LogP) is 4.25. The maximum atomic E-state index is 3.45. The molecular weight excluding hydrogens is 226 g/mol. The van der Waals surface area contributed by atoms with Crippen LogP contribution in [0.4, 0.5) is 0 Å². The van der Waals surface area contributed by atoms with Crippen molar-refractivity contribution in [1.29, 1.82) is 0 Å². The molecule has 1 N–H and O–H groups in total. The summed E-state index contributed by atoms with van der Waals surface area (Å²) in [5.74, 6) is 2.18. The van der Waals surface area contributed by atoms with Crippen molar-refractivity contribution < 1.29 is 0 Å². The normalized spacial score (nSPS) is 17.1. The number of hydrogen-bond donors (Lipinski definition) is 1. The van der Waals surface area contributed by atoms with Crippen molar-refractivity contribution in [3.8, 4) is 0 Å². The summed E-state index contributed by atoms with van der Waals surface area (Å²) in [6.45, 7) is 2.20. The van der Waals surface area contributed by atoms with Gasteiger partial charge in [-0.2, -0.15) is 0 Å². The van der Waals surface area contributed by atoms with Crippen molar-refractivity contribution >= 4 is 11.8 Å². The van der Waals surface area contributed by atoms with Crippen LogP contribution in [-0.4, -0.2) is 12.8 Å². The Bertz CT molecular complexity index is 329. The van der Waals surface area contributed by atoms with Crippen LogP contribution in [0.15, 0.2) is 29.2 Å². The summed E-state index contributed by atoms with van der Waals surface area (Å²) in [6.07, 6.45) is 5.59. The first kappa shape index (κ1) is 13.0. The summed E-state index contributed by atoms with van der Waals surface area (Å²) in [5, 5.41) is 3.45. The van der Waals surface area contributed by atoms with E-state index >= 15 is 0 Å². The molecule has 2 rings (SSSR count). The molecule has 0 amide bonds. The third-order valence-corrected chi connectivity index (χ3v) is 4.40. The number of benzene rings is 1. The third-order valence-electron chi connectivity index (χ3n) is 3.50. The fourth-order valence-corrected chi connectivity index (χ4v) is 2.91. The predicted molar refractivity (Wildman–Crippen MR) is 76.6 cm³/mol. The van der Waals surface area contributed by atoms with Gasteiger partial charge in [-0.25, -0.2) is 0 Å². The van der Waals surface area contributed by atoms with E-state index in [4.69, 9.17) is 0 Å². The SMILES string of the molecule is CCSc1ccc(C(CCC2CC2)NC)cc1. The number of thioether (sulfide) groups is 1. The average Bonchev–Trinajstić information content (AvgIpc) is 3.16. The zero-order valence-corrected chi connectivity index (χ0v) is 11.7. The molecule has 1 atom stereocenters. The Labute approximate surface area is 109 Å². The van der Waals surface area contributed by atoms with E-state index in [-0.39, 0.29) is 0 Å². The number of hydrogen-bond acceptors (Lipinski definition) is 2. The van der Waals surface area contributed by atoms with Crippen LogP contribution in [0.5, 0.6) is 0 Å². The summed E-state index contributed by atoms with van der Waals surface area (Å²) >= 11 is 1.91. The Morgan fingerprint density at radius 1 is 1.29 bits per heavy atom. The molecule has 0 aromatic heterocycles. The standard InChI is InChI=1S/C15H23NS/c1-3-17-14-9-7-13(8-10-14)15(16-2)11-6-12-4-5-12/h7-10,12,15-16H,3-6,11H2,1-2H3.